The molecule has 0 radical (unpaired) electrons. The molecule has 6 rings (SSSR count). The molecule has 0 saturated heterocycles. The zero-order valence-electron chi connectivity index (χ0n) is 16.2. The van der Waals surface area contributed by atoms with E-state index in [9.17, 15) is 0 Å². The second kappa shape index (κ2) is 6.76. The molecule has 0 spiro atoms. The van der Waals surface area contributed by atoms with Crippen LogP contribution >= 0.6 is 11.6 Å². The van der Waals surface area contributed by atoms with E-state index in [0.29, 0.717) is 0 Å². The normalized spacial score (nSPS) is 11.5. The summed E-state index contributed by atoms with van der Waals surface area (Å²) < 4.78 is 2.40. The maximum Gasteiger partial charge on any atom is 0.0546 e. The minimum absolute atomic E-state index is 0.752. The fourth-order valence-corrected chi connectivity index (χ4v) is 4.59. The van der Waals surface area contributed by atoms with Gasteiger partial charge in [-0.25, -0.2) is 0 Å². The molecule has 0 aliphatic carbocycles. The van der Waals surface area contributed by atoms with Crippen molar-refractivity contribution in [1.29, 1.82) is 0 Å². The van der Waals surface area contributed by atoms with E-state index in [1.807, 2.05) is 12.1 Å². The van der Waals surface area contributed by atoms with Crippen molar-refractivity contribution in [2.24, 2.45) is 0 Å². The van der Waals surface area contributed by atoms with Gasteiger partial charge in [0.05, 0.1) is 16.7 Å². The van der Waals surface area contributed by atoms with Crippen molar-refractivity contribution in [3.05, 3.63) is 114 Å². The number of hydrogen-bond acceptors (Lipinski definition) is 0. The van der Waals surface area contributed by atoms with Crippen LogP contribution in [-0.2, 0) is 0 Å². The lowest BCUT2D eigenvalue weighted by molar-refractivity contribution is 1.20. The minimum Gasteiger partial charge on any atom is -0.309 e. The van der Waals surface area contributed by atoms with Crippen molar-refractivity contribution in [3.8, 4) is 16.8 Å². The Kier molecular flexibility index (Phi) is 3.90. The number of para-hydroxylation sites is 2. The van der Waals surface area contributed by atoms with Crippen LogP contribution in [0.1, 0.15) is 0 Å². The molecule has 5 aromatic carbocycles. The van der Waals surface area contributed by atoms with Gasteiger partial charge in [-0.3, -0.25) is 0 Å². The largest absolute Gasteiger partial charge is 0.309 e. The second-order valence-electron chi connectivity index (χ2n) is 7.59. The molecule has 1 aromatic heterocycles. The quantitative estimate of drug-likeness (QED) is 0.274. The molecule has 0 aliphatic rings. The molecule has 1 heterocycles. The topological polar surface area (TPSA) is 4.93 Å². The predicted octanol–water partition coefficient (Wildman–Crippen LogP) is 8.26. The van der Waals surface area contributed by atoms with Crippen LogP contribution in [0.5, 0.6) is 0 Å². The third-order valence-electron chi connectivity index (χ3n) is 5.84. The van der Waals surface area contributed by atoms with E-state index in [1.54, 1.807) is 0 Å². The summed E-state index contributed by atoms with van der Waals surface area (Å²) in [4.78, 5) is 0. The van der Waals surface area contributed by atoms with Crippen LogP contribution in [0.4, 0.5) is 0 Å². The van der Waals surface area contributed by atoms with Gasteiger partial charge >= 0.3 is 0 Å². The Morgan fingerprint density at radius 2 is 1.07 bits per heavy atom. The first-order chi connectivity index (χ1) is 14.8. The van der Waals surface area contributed by atoms with Gasteiger partial charge in [-0.05, 0) is 52.9 Å². The minimum atomic E-state index is 0.752. The Labute approximate surface area is 179 Å². The predicted molar refractivity (Wildman–Crippen MR) is 129 cm³/mol. The summed E-state index contributed by atoms with van der Waals surface area (Å²) in [5.41, 5.74) is 5.97. The van der Waals surface area contributed by atoms with E-state index in [0.717, 1.165) is 10.6 Å². The summed E-state index contributed by atoms with van der Waals surface area (Å²) >= 11 is 6.13. The zero-order valence-corrected chi connectivity index (χ0v) is 17.0. The third-order valence-corrected chi connectivity index (χ3v) is 6.09. The Bertz CT molecular complexity index is 1490. The van der Waals surface area contributed by atoms with Gasteiger partial charge in [0.2, 0.25) is 0 Å². The van der Waals surface area contributed by atoms with Crippen molar-refractivity contribution >= 4 is 44.2 Å². The molecule has 0 atom stereocenters. The van der Waals surface area contributed by atoms with E-state index in [4.69, 9.17) is 11.6 Å². The van der Waals surface area contributed by atoms with Crippen molar-refractivity contribution in [2.45, 2.75) is 0 Å². The fraction of sp³-hybridized carbons (Fsp3) is 0. The average Bonchev–Trinajstić information content (AvgIpc) is 3.13. The van der Waals surface area contributed by atoms with Crippen LogP contribution in [0.3, 0.4) is 0 Å². The Balaban J connectivity index is 1.75. The van der Waals surface area contributed by atoms with Gasteiger partial charge in [-0.2, -0.15) is 0 Å². The molecular formula is C28H18ClN. The van der Waals surface area contributed by atoms with Gasteiger partial charge in [-0.15, -0.1) is 0 Å². The van der Waals surface area contributed by atoms with E-state index < -0.39 is 0 Å². The number of hydrogen-bond donors (Lipinski definition) is 0. The number of halogens is 1. The first kappa shape index (κ1) is 17.3. The average molecular weight is 404 g/mol. The number of benzene rings is 5. The van der Waals surface area contributed by atoms with Crippen LogP contribution in [0.2, 0.25) is 5.02 Å². The SMILES string of the molecule is Clc1ccc(-c2cc(-n3c4ccccc4c4ccccc43)c3ccccc3c2)cc1. The van der Waals surface area contributed by atoms with Crippen LogP contribution in [0.25, 0.3) is 49.4 Å². The Hall–Kier alpha value is -3.55. The number of rotatable bonds is 2. The first-order valence-corrected chi connectivity index (χ1v) is 10.4. The summed E-state index contributed by atoms with van der Waals surface area (Å²) in [6.45, 7) is 0. The highest BCUT2D eigenvalue weighted by Gasteiger charge is 2.14. The Morgan fingerprint density at radius 1 is 0.500 bits per heavy atom. The summed E-state index contributed by atoms with van der Waals surface area (Å²) in [5.74, 6) is 0. The fourth-order valence-electron chi connectivity index (χ4n) is 4.47. The van der Waals surface area contributed by atoms with Gasteiger partial charge in [0.15, 0.2) is 0 Å². The number of fused-ring (bicyclic) bond motifs is 4. The van der Waals surface area contributed by atoms with Crippen molar-refractivity contribution in [1.82, 2.24) is 4.57 Å². The smallest absolute Gasteiger partial charge is 0.0546 e. The molecule has 2 heteroatoms. The molecule has 6 aromatic rings. The maximum atomic E-state index is 6.13. The van der Waals surface area contributed by atoms with Crippen molar-refractivity contribution in [2.75, 3.05) is 0 Å². The highest BCUT2D eigenvalue weighted by Crippen LogP contribution is 2.37. The molecule has 0 N–H and O–H groups in total. The molecule has 0 fully saturated rings. The van der Waals surface area contributed by atoms with Crippen molar-refractivity contribution < 1.29 is 0 Å². The van der Waals surface area contributed by atoms with Gasteiger partial charge in [0.25, 0.3) is 0 Å². The Morgan fingerprint density at radius 3 is 1.73 bits per heavy atom. The van der Waals surface area contributed by atoms with Crippen LogP contribution in [0.15, 0.2) is 109 Å². The molecule has 0 amide bonds. The summed E-state index contributed by atoms with van der Waals surface area (Å²) in [5, 5.41) is 5.76. The number of nitrogens with zero attached hydrogens (tertiary/aromatic N) is 1. The van der Waals surface area contributed by atoms with Crippen LogP contribution in [0, 0.1) is 0 Å². The molecule has 1 nitrogen and oxygen atoms in total. The molecular weight excluding hydrogens is 386 g/mol. The highest BCUT2D eigenvalue weighted by molar-refractivity contribution is 6.30. The van der Waals surface area contributed by atoms with Crippen molar-refractivity contribution in [3.63, 3.8) is 0 Å². The highest BCUT2D eigenvalue weighted by atomic mass is 35.5. The molecule has 0 aliphatic heterocycles. The van der Waals surface area contributed by atoms with Gasteiger partial charge < -0.3 is 4.57 Å². The molecule has 0 unspecified atom stereocenters. The van der Waals surface area contributed by atoms with E-state index in [-0.39, 0.29) is 0 Å². The van der Waals surface area contributed by atoms with E-state index >= 15 is 0 Å². The first-order valence-electron chi connectivity index (χ1n) is 10.1. The molecule has 142 valence electrons. The monoisotopic (exact) mass is 403 g/mol. The number of aromatic nitrogens is 1. The van der Waals surface area contributed by atoms with Crippen LogP contribution in [-0.4, -0.2) is 4.57 Å². The lowest BCUT2D eigenvalue weighted by atomic mass is 9.99. The standard InChI is InChI=1S/C28H18ClN/c29-22-15-13-19(14-16-22)21-17-20-7-1-2-8-23(20)28(18-21)30-26-11-5-3-9-24(26)25-10-4-6-12-27(25)30/h1-18H. The van der Waals surface area contributed by atoms with E-state index in [2.05, 4.69) is 102 Å². The third kappa shape index (κ3) is 2.63. The molecule has 0 bridgehead atoms. The zero-order chi connectivity index (χ0) is 20.1. The summed E-state index contributed by atoms with van der Waals surface area (Å²) in [7, 11) is 0. The van der Waals surface area contributed by atoms with Gasteiger partial charge in [0.1, 0.15) is 0 Å². The lowest BCUT2D eigenvalue weighted by Gasteiger charge is -2.14. The molecule has 0 saturated carbocycles. The maximum absolute atomic E-state index is 6.13. The lowest BCUT2D eigenvalue weighted by Crippen LogP contribution is -1.96. The summed E-state index contributed by atoms with van der Waals surface area (Å²) in [6, 6.07) is 38.5. The van der Waals surface area contributed by atoms with Crippen LogP contribution < -0.4 is 0 Å². The van der Waals surface area contributed by atoms with Gasteiger partial charge in [0, 0.05) is 21.2 Å². The molecule has 30 heavy (non-hydrogen) atoms. The summed E-state index contributed by atoms with van der Waals surface area (Å²) in [6.07, 6.45) is 0. The van der Waals surface area contributed by atoms with Gasteiger partial charge in [-0.1, -0.05) is 84.4 Å². The second-order valence-corrected chi connectivity index (χ2v) is 8.03. The van der Waals surface area contributed by atoms with E-state index in [1.165, 1.54) is 43.8 Å².